The topological polar surface area (TPSA) is 110 Å². The van der Waals surface area contributed by atoms with E-state index in [0.29, 0.717) is 42.9 Å². The largest absolute Gasteiger partial charge is 0.381 e. The van der Waals surface area contributed by atoms with Crippen LogP contribution in [-0.4, -0.2) is 48.3 Å². The maximum absolute atomic E-state index is 13.8. The molecular weight excluding hydrogens is 543 g/mol. The van der Waals surface area contributed by atoms with Gasteiger partial charge in [0.2, 0.25) is 0 Å². The Morgan fingerprint density at radius 3 is 2.36 bits per heavy atom. The molecule has 39 heavy (non-hydrogen) atoms. The molecule has 3 aromatic rings. The Kier molecular flexibility index (Phi) is 7.02. The van der Waals surface area contributed by atoms with E-state index in [1.807, 2.05) is 6.92 Å². The quantitative estimate of drug-likeness (QED) is 0.481. The zero-order chi connectivity index (χ0) is 28.0. The summed E-state index contributed by atoms with van der Waals surface area (Å²) in [7, 11) is -7.49. The van der Waals surface area contributed by atoms with Crippen molar-refractivity contribution >= 4 is 31.5 Å². The number of hydrogen-bond acceptors (Lipinski definition) is 6. The lowest BCUT2D eigenvalue weighted by Gasteiger charge is -2.39. The summed E-state index contributed by atoms with van der Waals surface area (Å²) < 4.78 is 72.3. The predicted octanol–water partition coefficient (Wildman–Crippen LogP) is 3.80. The van der Waals surface area contributed by atoms with Crippen LogP contribution in [-0.2, 0) is 36.6 Å². The molecule has 1 saturated heterocycles. The lowest BCUT2D eigenvalue weighted by molar-refractivity contribution is 0.0465. The van der Waals surface area contributed by atoms with Crippen LogP contribution in [0.15, 0.2) is 76.5 Å². The Bertz CT molecular complexity index is 1630. The minimum Gasteiger partial charge on any atom is -0.381 e. The third-order valence-corrected chi connectivity index (χ3v) is 10.8. The van der Waals surface area contributed by atoms with E-state index in [4.69, 9.17) is 4.74 Å². The molecule has 5 rings (SSSR count). The highest BCUT2D eigenvalue weighted by atomic mass is 32.2. The summed E-state index contributed by atoms with van der Waals surface area (Å²) >= 11 is 0. The van der Waals surface area contributed by atoms with Crippen molar-refractivity contribution in [1.82, 2.24) is 5.32 Å². The van der Waals surface area contributed by atoms with Crippen LogP contribution < -0.4 is 9.62 Å². The number of sulfone groups is 1. The highest BCUT2D eigenvalue weighted by Crippen LogP contribution is 2.52. The van der Waals surface area contributed by atoms with Crippen LogP contribution in [0.4, 0.5) is 10.1 Å². The van der Waals surface area contributed by atoms with Crippen LogP contribution in [0.25, 0.3) is 0 Å². The molecule has 1 amide bonds. The van der Waals surface area contributed by atoms with E-state index in [-0.39, 0.29) is 16.3 Å². The summed E-state index contributed by atoms with van der Waals surface area (Å²) in [5.41, 5.74) is 1.46. The third-order valence-electron chi connectivity index (χ3n) is 7.75. The number of benzene rings is 3. The third kappa shape index (κ3) is 4.83. The highest BCUT2D eigenvalue weighted by molar-refractivity contribution is 7.93. The SMILES string of the molecule is CC1N(S(=O)(=O)c2ccc(F)cc2)c2ccc(C(=O)NCc3ccccc3S(C)(=O)=O)cc2C12CCOCC2. The highest BCUT2D eigenvalue weighted by Gasteiger charge is 2.53. The average molecular weight is 573 g/mol. The first-order valence-corrected chi connectivity index (χ1v) is 15.9. The standard InChI is InChI=1S/C28H29FN2O6S2/c1-19-28(13-15-37-16-14-28)24-17-20(27(32)30-18-21-5-3-4-6-26(21)38(2,33)34)7-12-25(24)31(19)39(35,36)23-10-8-22(29)9-11-23/h3-12,17,19H,13-16,18H2,1-2H3,(H,30,32). The first-order valence-electron chi connectivity index (χ1n) is 12.5. The minimum atomic E-state index is -4.02. The lowest BCUT2D eigenvalue weighted by Crippen LogP contribution is -2.48. The molecule has 3 aromatic carbocycles. The molecule has 1 unspecified atom stereocenters. The van der Waals surface area contributed by atoms with Crippen LogP contribution in [0, 0.1) is 5.82 Å². The molecule has 2 aliphatic heterocycles. The molecule has 1 atom stereocenters. The number of nitrogens with one attached hydrogen (secondary N) is 1. The van der Waals surface area contributed by atoms with E-state index in [9.17, 15) is 26.0 Å². The number of hydrogen-bond donors (Lipinski definition) is 1. The van der Waals surface area contributed by atoms with Gasteiger partial charge in [-0.25, -0.2) is 21.2 Å². The van der Waals surface area contributed by atoms with Gasteiger partial charge >= 0.3 is 0 Å². The number of amides is 1. The molecule has 1 N–H and O–H groups in total. The number of fused-ring (bicyclic) bond motifs is 2. The summed E-state index contributed by atoms with van der Waals surface area (Å²) in [5, 5.41) is 2.80. The van der Waals surface area contributed by atoms with Gasteiger partial charge < -0.3 is 10.1 Å². The number of sulfonamides is 1. The van der Waals surface area contributed by atoms with Gasteiger partial charge in [-0.2, -0.15) is 0 Å². The molecule has 0 radical (unpaired) electrons. The Hall–Kier alpha value is -3.28. The number of nitrogens with zero attached hydrogens (tertiary/aromatic N) is 1. The predicted molar refractivity (Wildman–Crippen MR) is 144 cm³/mol. The molecule has 8 nitrogen and oxygen atoms in total. The van der Waals surface area contributed by atoms with E-state index in [1.54, 1.807) is 36.4 Å². The zero-order valence-electron chi connectivity index (χ0n) is 21.6. The van der Waals surface area contributed by atoms with Crippen molar-refractivity contribution in [3.63, 3.8) is 0 Å². The van der Waals surface area contributed by atoms with Crippen molar-refractivity contribution in [1.29, 1.82) is 0 Å². The summed E-state index contributed by atoms with van der Waals surface area (Å²) in [5.74, 6) is -0.935. The maximum atomic E-state index is 13.8. The van der Waals surface area contributed by atoms with Gasteiger partial charge in [0.1, 0.15) is 5.82 Å². The second-order valence-electron chi connectivity index (χ2n) is 9.99. The molecular formula is C28H29FN2O6S2. The summed E-state index contributed by atoms with van der Waals surface area (Å²) in [4.78, 5) is 13.3. The molecule has 206 valence electrons. The molecule has 1 fully saturated rings. The molecule has 11 heteroatoms. The summed E-state index contributed by atoms with van der Waals surface area (Å²) in [6, 6.07) is 15.7. The van der Waals surface area contributed by atoms with E-state index in [2.05, 4.69) is 5.32 Å². The van der Waals surface area contributed by atoms with Crippen molar-refractivity contribution in [3.8, 4) is 0 Å². The van der Waals surface area contributed by atoms with Crippen molar-refractivity contribution in [2.75, 3.05) is 23.8 Å². The average Bonchev–Trinajstić information content (AvgIpc) is 3.14. The molecule has 2 aliphatic rings. The van der Waals surface area contributed by atoms with E-state index in [1.165, 1.54) is 22.5 Å². The van der Waals surface area contributed by atoms with Gasteiger partial charge in [-0.1, -0.05) is 18.2 Å². The fraction of sp³-hybridized carbons (Fsp3) is 0.321. The monoisotopic (exact) mass is 572 g/mol. The zero-order valence-corrected chi connectivity index (χ0v) is 23.2. The number of anilines is 1. The van der Waals surface area contributed by atoms with Crippen molar-refractivity contribution in [2.24, 2.45) is 0 Å². The molecule has 2 heterocycles. The van der Waals surface area contributed by atoms with Crippen LogP contribution in [0.1, 0.15) is 41.3 Å². The molecule has 0 bridgehead atoms. The lowest BCUT2D eigenvalue weighted by atomic mass is 9.71. The van der Waals surface area contributed by atoms with Gasteiger partial charge in [-0.15, -0.1) is 0 Å². The number of carbonyl (C=O) groups excluding carboxylic acids is 1. The number of ether oxygens (including phenoxy) is 1. The number of carbonyl (C=O) groups is 1. The second kappa shape index (κ2) is 10.0. The van der Waals surface area contributed by atoms with Gasteiger partial charge in [-0.3, -0.25) is 9.10 Å². The maximum Gasteiger partial charge on any atom is 0.264 e. The summed E-state index contributed by atoms with van der Waals surface area (Å²) in [6.07, 6.45) is 2.27. The Morgan fingerprint density at radius 2 is 1.69 bits per heavy atom. The number of halogens is 1. The van der Waals surface area contributed by atoms with Gasteiger partial charge in [0.25, 0.3) is 15.9 Å². The molecule has 1 spiro atoms. The fourth-order valence-corrected chi connectivity index (χ4v) is 8.38. The van der Waals surface area contributed by atoms with Gasteiger partial charge in [-0.05, 0) is 79.4 Å². The van der Waals surface area contributed by atoms with Crippen molar-refractivity contribution in [2.45, 2.75) is 47.6 Å². The first kappa shape index (κ1) is 27.3. The van der Waals surface area contributed by atoms with E-state index >= 15 is 0 Å². The van der Waals surface area contributed by atoms with Crippen molar-refractivity contribution < 1.29 is 30.8 Å². The first-order chi connectivity index (χ1) is 18.4. The fourth-order valence-electron chi connectivity index (χ4n) is 5.70. The van der Waals surface area contributed by atoms with Gasteiger partial charge in [0.15, 0.2) is 9.84 Å². The summed E-state index contributed by atoms with van der Waals surface area (Å²) in [6.45, 7) is 2.77. The Labute approximate surface area is 227 Å². The van der Waals surface area contributed by atoms with Crippen molar-refractivity contribution in [3.05, 3.63) is 89.2 Å². The van der Waals surface area contributed by atoms with Crippen LogP contribution in [0.3, 0.4) is 0 Å². The Morgan fingerprint density at radius 1 is 1.03 bits per heavy atom. The second-order valence-corrected chi connectivity index (χ2v) is 13.8. The van der Waals surface area contributed by atoms with Gasteiger partial charge in [0.05, 0.1) is 21.5 Å². The van der Waals surface area contributed by atoms with E-state index in [0.717, 1.165) is 24.0 Å². The van der Waals surface area contributed by atoms with E-state index < -0.39 is 43.0 Å². The Balaban J connectivity index is 1.51. The minimum absolute atomic E-state index is 0.0135. The number of rotatable bonds is 6. The smallest absolute Gasteiger partial charge is 0.264 e. The molecule has 0 saturated carbocycles. The van der Waals surface area contributed by atoms with Gasteiger partial charge in [0, 0.05) is 37.0 Å². The van der Waals surface area contributed by atoms with Crippen LogP contribution in [0.5, 0.6) is 0 Å². The van der Waals surface area contributed by atoms with Crippen LogP contribution in [0.2, 0.25) is 0 Å². The molecule has 0 aromatic heterocycles. The van der Waals surface area contributed by atoms with Crippen LogP contribution >= 0.6 is 0 Å². The molecule has 0 aliphatic carbocycles. The normalized spacial score (nSPS) is 18.6.